The van der Waals surface area contributed by atoms with Crippen LogP contribution in [-0.4, -0.2) is 49.4 Å². The zero-order valence-corrected chi connectivity index (χ0v) is 18.7. The molecule has 0 aromatic heterocycles. The highest BCUT2D eigenvalue weighted by Crippen LogP contribution is 2.42. The molecule has 2 saturated heterocycles. The number of hydrogen-bond acceptors (Lipinski definition) is 5. The first-order valence-electron chi connectivity index (χ1n) is 9.97. The number of carbonyl (C=O) groups is 1. The summed E-state index contributed by atoms with van der Waals surface area (Å²) in [6.07, 6.45) is 6.25. The first kappa shape index (κ1) is 21.0. The number of methoxy groups -OCH3 is 1. The predicted octanol–water partition coefficient (Wildman–Crippen LogP) is 3.92. The van der Waals surface area contributed by atoms with Gasteiger partial charge in [-0.15, -0.1) is 0 Å². The molecular weight excluding hydrogens is 432 g/mol. The number of sulfone groups is 1. The zero-order chi connectivity index (χ0) is 20.6. The Hall–Kier alpha value is -1.25. The van der Waals surface area contributed by atoms with Crippen LogP contribution in [0.1, 0.15) is 38.5 Å². The van der Waals surface area contributed by atoms with Crippen molar-refractivity contribution in [3.05, 3.63) is 23.2 Å². The van der Waals surface area contributed by atoms with Gasteiger partial charge in [0.25, 0.3) is 0 Å². The highest BCUT2D eigenvalue weighted by molar-refractivity contribution is 8.16. The zero-order valence-electron chi connectivity index (χ0n) is 16.3. The van der Waals surface area contributed by atoms with Gasteiger partial charge in [0.05, 0.1) is 29.7 Å². The van der Waals surface area contributed by atoms with Crippen LogP contribution in [0.15, 0.2) is 23.2 Å². The Bertz CT molecular complexity index is 928. The van der Waals surface area contributed by atoms with Gasteiger partial charge >= 0.3 is 0 Å². The number of aliphatic imine (C=N–C) groups is 1. The molecular formula is C20H25ClN2O4S2. The van der Waals surface area contributed by atoms with Crippen LogP contribution in [0.3, 0.4) is 0 Å². The summed E-state index contributed by atoms with van der Waals surface area (Å²) in [5.74, 6) is 1.22. The number of fused-ring (bicyclic) bond motifs is 1. The highest BCUT2D eigenvalue weighted by Gasteiger charge is 2.49. The SMILES string of the molecule is COc1ccc(N2C(=NC(=O)CCC3CCCC3)S[C@H]3CS(=O)(=O)C[C@@H]32)cc1Cl. The molecule has 0 bridgehead atoms. The van der Waals surface area contributed by atoms with E-state index in [4.69, 9.17) is 16.3 Å². The van der Waals surface area contributed by atoms with Crippen LogP contribution >= 0.6 is 23.4 Å². The second-order valence-corrected chi connectivity index (χ2v) is 11.7. The summed E-state index contributed by atoms with van der Waals surface area (Å²) < 4.78 is 29.6. The summed E-state index contributed by atoms with van der Waals surface area (Å²) in [6.45, 7) is 0. The second kappa shape index (κ2) is 8.47. The van der Waals surface area contributed by atoms with Crippen molar-refractivity contribution in [3.8, 4) is 5.75 Å². The largest absolute Gasteiger partial charge is 0.495 e. The minimum Gasteiger partial charge on any atom is -0.495 e. The fourth-order valence-electron chi connectivity index (χ4n) is 4.46. The van der Waals surface area contributed by atoms with Crippen LogP contribution in [-0.2, 0) is 14.6 Å². The summed E-state index contributed by atoms with van der Waals surface area (Å²) in [5.41, 5.74) is 0.732. The topological polar surface area (TPSA) is 76.0 Å². The molecule has 0 spiro atoms. The monoisotopic (exact) mass is 456 g/mol. The molecule has 2 aliphatic heterocycles. The first-order chi connectivity index (χ1) is 13.9. The number of halogens is 1. The summed E-state index contributed by atoms with van der Waals surface area (Å²) in [6, 6.07) is 5.08. The van der Waals surface area contributed by atoms with Crippen LogP contribution in [0, 0.1) is 5.92 Å². The quantitative estimate of drug-likeness (QED) is 0.668. The molecule has 1 amide bonds. The van der Waals surface area contributed by atoms with Crippen molar-refractivity contribution in [1.29, 1.82) is 0 Å². The lowest BCUT2D eigenvalue weighted by Gasteiger charge is -2.25. The number of ether oxygens (including phenoxy) is 1. The van der Waals surface area contributed by atoms with E-state index in [1.807, 2.05) is 11.0 Å². The molecule has 4 rings (SSSR count). The lowest BCUT2D eigenvalue weighted by Crippen LogP contribution is -2.37. The number of nitrogens with zero attached hydrogens (tertiary/aromatic N) is 2. The molecule has 29 heavy (non-hydrogen) atoms. The summed E-state index contributed by atoms with van der Waals surface area (Å²) in [7, 11) is -1.56. The van der Waals surface area contributed by atoms with Gasteiger partial charge in [0.2, 0.25) is 5.91 Å². The molecule has 2 atom stereocenters. The van der Waals surface area contributed by atoms with E-state index in [0.29, 0.717) is 28.3 Å². The van der Waals surface area contributed by atoms with Crippen molar-refractivity contribution in [2.75, 3.05) is 23.5 Å². The van der Waals surface area contributed by atoms with E-state index < -0.39 is 9.84 Å². The lowest BCUT2D eigenvalue weighted by molar-refractivity contribution is -0.118. The Kier molecular flexibility index (Phi) is 6.14. The molecule has 0 N–H and O–H groups in total. The van der Waals surface area contributed by atoms with Crippen molar-refractivity contribution in [2.24, 2.45) is 10.9 Å². The number of anilines is 1. The van der Waals surface area contributed by atoms with Crippen molar-refractivity contribution in [2.45, 2.75) is 49.8 Å². The predicted molar refractivity (Wildman–Crippen MR) is 118 cm³/mol. The third-order valence-corrected chi connectivity index (χ3v) is 9.45. The van der Waals surface area contributed by atoms with Gasteiger partial charge < -0.3 is 9.64 Å². The maximum atomic E-state index is 12.6. The molecule has 0 unspecified atom stereocenters. The van der Waals surface area contributed by atoms with Crippen LogP contribution in [0.25, 0.3) is 0 Å². The molecule has 1 aromatic carbocycles. The van der Waals surface area contributed by atoms with E-state index in [2.05, 4.69) is 4.99 Å². The van der Waals surface area contributed by atoms with Crippen molar-refractivity contribution < 1.29 is 17.9 Å². The van der Waals surface area contributed by atoms with Gasteiger partial charge in [0.15, 0.2) is 15.0 Å². The number of thioether (sulfide) groups is 1. The molecule has 2 heterocycles. The number of benzene rings is 1. The van der Waals surface area contributed by atoms with Crippen molar-refractivity contribution in [3.63, 3.8) is 0 Å². The molecule has 158 valence electrons. The van der Waals surface area contributed by atoms with Crippen LogP contribution in [0.5, 0.6) is 5.75 Å². The average molecular weight is 457 g/mol. The third kappa shape index (κ3) is 4.59. The maximum Gasteiger partial charge on any atom is 0.248 e. The number of rotatable bonds is 5. The van der Waals surface area contributed by atoms with Gasteiger partial charge in [-0.05, 0) is 30.5 Å². The first-order valence-corrected chi connectivity index (χ1v) is 13.1. The Morgan fingerprint density at radius 2 is 2.07 bits per heavy atom. The standard InChI is InChI=1S/C20H25ClN2O4S2/c1-27-17-8-7-14(10-15(17)21)23-16-11-29(25,26)12-18(16)28-20(23)22-19(24)9-6-13-4-2-3-5-13/h7-8,10,13,16,18H,2-6,9,11-12H2,1H3/t16-,18-/m0/s1. The van der Waals surface area contributed by atoms with Crippen LogP contribution in [0.4, 0.5) is 5.69 Å². The van der Waals surface area contributed by atoms with E-state index in [0.717, 1.165) is 12.1 Å². The molecule has 6 nitrogen and oxygen atoms in total. The van der Waals surface area contributed by atoms with Gasteiger partial charge in [0.1, 0.15) is 5.75 Å². The van der Waals surface area contributed by atoms with E-state index >= 15 is 0 Å². The molecule has 1 saturated carbocycles. The minimum absolute atomic E-state index is 0.0591. The second-order valence-electron chi connectivity index (χ2n) is 7.97. The van der Waals surface area contributed by atoms with Crippen molar-refractivity contribution in [1.82, 2.24) is 0 Å². The minimum atomic E-state index is -3.10. The van der Waals surface area contributed by atoms with E-state index in [1.165, 1.54) is 37.4 Å². The van der Waals surface area contributed by atoms with Gasteiger partial charge in [-0.2, -0.15) is 4.99 Å². The Balaban J connectivity index is 1.58. The molecule has 0 radical (unpaired) electrons. The van der Waals surface area contributed by atoms with Gasteiger partial charge in [-0.1, -0.05) is 49.0 Å². The van der Waals surface area contributed by atoms with Crippen LogP contribution < -0.4 is 9.64 Å². The fourth-order valence-corrected chi connectivity index (χ4v) is 8.64. The van der Waals surface area contributed by atoms with Crippen molar-refractivity contribution >= 4 is 50.0 Å². The van der Waals surface area contributed by atoms with E-state index in [9.17, 15) is 13.2 Å². The smallest absolute Gasteiger partial charge is 0.248 e. The molecule has 9 heteroatoms. The fraction of sp³-hybridized carbons (Fsp3) is 0.600. The highest BCUT2D eigenvalue weighted by atomic mass is 35.5. The normalized spacial score (nSPS) is 27.5. The summed E-state index contributed by atoms with van der Waals surface area (Å²) >= 11 is 7.69. The van der Waals surface area contributed by atoms with Crippen LogP contribution in [0.2, 0.25) is 5.02 Å². The number of hydrogen-bond donors (Lipinski definition) is 0. The van der Waals surface area contributed by atoms with Gasteiger partial charge in [-0.3, -0.25) is 4.79 Å². The molecule has 3 fully saturated rings. The Morgan fingerprint density at radius 1 is 1.31 bits per heavy atom. The molecule has 1 aromatic rings. The van der Waals surface area contributed by atoms with E-state index in [-0.39, 0.29) is 28.7 Å². The van der Waals surface area contributed by atoms with E-state index in [1.54, 1.807) is 19.2 Å². The summed E-state index contributed by atoms with van der Waals surface area (Å²) in [4.78, 5) is 18.8. The molecule has 3 aliphatic rings. The third-order valence-electron chi connectivity index (χ3n) is 5.94. The lowest BCUT2D eigenvalue weighted by atomic mass is 10.0. The summed E-state index contributed by atoms with van der Waals surface area (Å²) in [5, 5.41) is 0.890. The number of amidine groups is 1. The number of amides is 1. The van der Waals surface area contributed by atoms with Gasteiger partial charge in [0, 0.05) is 17.4 Å². The Labute approximate surface area is 181 Å². The number of carbonyl (C=O) groups excluding carboxylic acids is 1. The Morgan fingerprint density at radius 3 is 2.76 bits per heavy atom. The molecule has 1 aliphatic carbocycles. The maximum absolute atomic E-state index is 12.6. The van der Waals surface area contributed by atoms with Gasteiger partial charge in [-0.25, -0.2) is 8.42 Å². The average Bonchev–Trinajstić information content (AvgIpc) is 3.34.